The standard InChI is InChI=1S/C26H22Cl2N4O.2ClH/c1-32(17-18-7-4-3-5-8-18)12-6-9-20-22-14-30-31-25(19(22)10-11-26(20)33-2)13-21-23(27)15-29-16-24(21)28;;/h3-5,7-8,10-11,14-16H,12-13,17H2,1-2H3;2*1H. The summed E-state index contributed by atoms with van der Waals surface area (Å²) in [5, 5.41) is 11.4. The van der Waals surface area contributed by atoms with Crippen molar-refractivity contribution in [1.82, 2.24) is 20.1 Å². The van der Waals surface area contributed by atoms with E-state index in [2.05, 4.69) is 44.1 Å². The molecule has 0 aliphatic carbocycles. The van der Waals surface area contributed by atoms with E-state index in [1.165, 1.54) is 5.56 Å². The molecule has 0 aliphatic rings. The zero-order chi connectivity index (χ0) is 23.2. The van der Waals surface area contributed by atoms with Crippen LogP contribution in [0.4, 0.5) is 0 Å². The van der Waals surface area contributed by atoms with E-state index in [0.717, 1.165) is 34.1 Å². The maximum atomic E-state index is 6.32. The van der Waals surface area contributed by atoms with Gasteiger partial charge in [0, 0.05) is 36.1 Å². The third-order valence-electron chi connectivity index (χ3n) is 5.26. The average molecular weight is 550 g/mol. The first kappa shape index (κ1) is 28.6. The summed E-state index contributed by atoms with van der Waals surface area (Å²) in [5.74, 6) is 7.26. The van der Waals surface area contributed by atoms with Crippen LogP contribution in [0, 0.1) is 11.8 Å². The molecule has 2 aromatic carbocycles. The van der Waals surface area contributed by atoms with E-state index < -0.39 is 0 Å². The lowest BCUT2D eigenvalue weighted by molar-refractivity contribution is 0.369. The maximum absolute atomic E-state index is 6.32. The SMILES string of the molecule is COc1ccc2c(Cc3c(Cl)cncc3Cl)nncc2c1C#CCN(C)Cc1ccccc1.Cl.Cl. The van der Waals surface area contributed by atoms with Crippen LogP contribution in [0.2, 0.25) is 10.0 Å². The zero-order valence-electron chi connectivity index (χ0n) is 19.2. The molecule has 0 aliphatic heterocycles. The Morgan fingerprint density at radius 3 is 2.34 bits per heavy atom. The molecule has 182 valence electrons. The molecule has 2 aromatic heterocycles. The predicted octanol–water partition coefficient (Wildman–Crippen LogP) is 6.26. The Morgan fingerprint density at radius 1 is 0.943 bits per heavy atom. The monoisotopic (exact) mass is 548 g/mol. The van der Waals surface area contributed by atoms with Crippen LogP contribution >= 0.6 is 48.0 Å². The summed E-state index contributed by atoms with van der Waals surface area (Å²) in [6, 6.07) is 14.2. The quantitative estimate of drug-likeness (QED) is 0.266. The van der Waals surface area contributed by atoms with Gasteiger partial charge in [-0.15, -0.1) is 24.8 Å². The molecule has 0 saturated carbocycles. The minimum atomic E-state index is 0. The fraction of sp³-hybridized carbons (Fsp3) is 0.192. The van der Waals surface area contributed by atoms with Gasteiger partial charge in [-0.3, -0.25) is 9.88 Å². The van der Waals surface area contributed by atoms with E-state index >= 15 is 0 Å². The first-order valence-electron chi connectivity index (χ1n) is 10.4. The van der Waals surface area contributed by atoms with Crippen molar-refractivity contribution in [3.8, 4) is 17.6 Å². The van der Waals surface area contributed by atoms with Crippen molar-refractivity contribution >= 4 is 58.8 Å². The number of pyridine rings is 1. The van der Waals surface area contributed by atoms with E-state index in [4.69, 9.17) is 27.9 Å². The largest absolute Gasteiger partial charge is 0.495 e. The molecule has 4 aromatic rings. The summed E-state index contributed by atoms with van der Waals surface area (Å²) in [6.45, 7) is 1.44. The Bertz CT molecular complexity index is 1320. The van der Waals surface area contributed by atoms with Crippen LogP contribution < -0.4 is 4.74 Å². The highest BCUT2D eigenvalue weighted by Gasteiger charge is 2.14. The summed E-state index contributed by atoms with van der Waals surface area (Å²) in [6.07, 6.45) is 5.30. The minimum absolute atomic E-state index is 0. The summed E-state index contributed by atoms with van der Waals surface area (Å²) in [7, 11) is 3.69. The second-order valence-electron chi connectivity index (χ2n) is 7.61. The molecule has 5 nitrogen and oxygen atoms in total. The summed E-state index contributed by atoms with van der Waals surface area (Å²) in [5.41, 5.74) is 3.56. The molecule has 0 atom stereocenters. The summed E-state index contributed by atoms with van der Waals surface area (Å²) >= 11 is 12.6. The molecule has 0 unspecified atom stereocenters. The number of ether oxygens (including phenoxy) is 1. The van der Waals surface area contributed by atoms with Crippen molar-refractivity contribution in [1.29, 1.82) is 0 Å². The number of hydrogen-bond acceptors (Lipinski definition) is 5. The van der Waals surface area contributed by atoms with Crippen LogP contribution in [0.3, 0.4) is 0 Å². The van der Waals surface area contributed by atoms with Gasteiger partial charge in [0.2, 0.25) is 0 Å². The molecule has 0 radical (unpaired) electrons. The fourth-order valence-electron chi connectivity index (χ4n) is 3.61. The lowest BCUT2D eigenvalue weighted by Crippen LogP contribution is -2.17. The van der Waals surface area contributed by atoms with Gasteiger partial charge in [-0.2, -0.15) is 10.2 Å². The van der Waals surface area contributed by atoms with E-state index in [9.17, 15) is 0 Å². The van der Waals surface area contributed by atoms with Gasteiger partial charge in [-0.05, 0) is 30.3 Å². The van der Waals surface area contributed by atoms with Gasteiger partial charge < -0.3 is 4.74 Å². The molecule has 9 heteroatoms. The molecule has 4 rings (SSSR count). The van der Waals surface area contributed by atoms with Crippen molar-refractivity contribution in [3.05, 3.63) is 93.5 Å². The van der Waals surface area contributed by atoms with Crippen molar-refractivity contribution in [2.45, 2.75) is 13.0 Å². The highest BCUT2D eigenvalue weighted by molar-refractivity contribution is 6.35. The van der Waals surface area contributed by atoms with Gasteiger partial charge in [-0.25, -0.2) is 0 Å². The van der Waals surface area contributed by atoms with Crippen molar-refractivity contribution in [2.24, 2.45) is 0 Å². The Morgan fingerprint density at radius 2 is 1.66 bits per heavy atom. The average Bonchev–Trinajstić information content (AvgIpc) is 2.82. The number of halogens is 4. The topological polar surface area (TPSA) is 51.1 Å². The third kappa shape index (κ3) is 6.98. The van der Waals surface area contributed by atoms with Crippen LogP contribution in [0.5, 0.6) is 5.75 Å². The molecule has 0 spiro atoms. The van der Waals surface area contributed by atoms with Crippen LogP contribution in [0.15, 0.2) is 61.1 Å². The van der Waals surface area contributed by atoms with E-state index in [1.54, 1.807) is 25.7 Å². The van der Waals surface area contributed by atoms with Crippen LogP contribution in [-0.4, -0.2) is 40.8 Å². The van der Waals surface area contributed by atoms with E-state index in [1.807, 2.05) is 37.4 Å². The number of rotatable bonds is 6. The number of methoxy groups -OCH3 is 1. The van der Waals surface area contributed by atoms with Crippen LogP contribution in [0.25, 0.3) is 10.8 Å². The fourth-order valence-corrected chi connectivity index (χ4v) is 4.11. The van der Waals surface area contributed by atoms with E-state index in [0.29, 0.717) is 28.8 Å². The molecule has 2 heterocycles. The molecule has 0 bridgehead atoms. The van der Waals surface area contributed by atoms with Crippen molar-refractivity contribution < 1.29 is 4.74 Å². The van der Waals surface area contributed by atoms with Gasteiger partial charge in [0.15, 0.2) is 0 Å². The smallest absolute Gasteiger partial charge is 0.135 e. The van der Waals surface area contributed by atoms with Gasteiger partial charge in [-0.1, -0.05) is 65.4 Å². The number of hydrogen-bond donors (Lipinski definition) is 0. The lowest BCUT2D eigenvalue weighted by atomic mass is 10.0. The Labute approximate surface area is 227 Å². The molecule has 0 N–H and O–H groups in total. The minimum Gasteiger partial charge on any atom is -0.495 e. The van der Waals surface area contributed by atoms with Gasteiger partial charge >= 0.3 is 0 Å². The number of nitrogens with zero attached hydrogens (tertiary/aromatic N) is 4. The Kier molecular flexibility index (Phi) is 11.0. The normalized spacial score (nSPS) is 10.2. The highest BCUT2D eigenvalue weighted by Crippen LogP contribution is 2.31. The maximum Gasteiger partial charge on any atom is 0.135 e. The second kappa shape index (κ2) is 13.5. The summed E-state index contributed by atoms with van der Waals surface area (Å²) < 4.78 is 5.59. The third-order valence-corrected chi connectivity index (χ3v) is 5.91. The number of aromatic nitrogens is 3. The lowest BCUT2D eigenvalue weighted by Gasteiger charge is -2.13. The van der Waals surface area contributed by atoms with Crippen molar-refractivity contribution in [2.75, 3.05) is 20.7 Å². The first-order chi connectivity index (χ1) is 16.1. The highest BCUT2D eigenvalue weighted by atomic mass is 35.5. The van der Waals surface area contributed by atoms with Gasteiger partial charge in [0.1, 0.15) is 5.75 Å². The predicted molar refractivity (Wildman–Crippen MR) is 147 cm³/mol. The zero-order valence-corrected chi connectivity index (χ0v) is 22.3. The first-order valence-corrected chi connectivity index (χ1v) is 11.1. The summed E-state index contributed by atoms with van der Waals surface area (Å²) in [4.78, 5) is 6.19. The van der Waals surface area contributed by atoms with E-state index in [-0.39, 0.29) is 24.8 Å². The van der Waals surface area contributed by atoms with Gasteiger partial charge in [0.05, 0.1) is 41.2 Å². The molecule has 0 saturated heterocycles. The second-order valence-corrected chi connectivity index (χ2v) is 8.43. The van der Waals surface area contributed by atoms with Crippen LogP contribution in [-0.2, 0) is 13.0 Å². The molecular formula is C26H24Cl4N4O. The number of fused-ring (bicyclic) bond motifs is 1. The van der Waals surface area contributed by atoms with Crippen molar-refractivity contribution in [3.63, 3.8) is 0 Å². The molecule has 35 heavy (non-hydrogen) atoms. The Balaban J connectivity index is 0.00000216. The molecule has 0 fully saturated rings. The number of benzene rings is 2. The molecular weight excluding hydrogens is 526 g/mol. The van der Waals surface area contributed by atoms with Gasteiger partial charge in [0.25, 0.3) is 0 Å². The molecule has 0 amide bonds. The van der Waals surface area contributed by atoms with Crippen LogP contribution in [0.1, 0.15) is 22.4 Å². The Hall–Kier alpha value is -2.59.